The van der Waals surface area contributed by atoms with Gasteiger partial charge in [-0.2, -0.15) is 0 Å². The first-order valence-corrected chi connectivity index (χ1v) is 15.5. The number of anilines is 1. The van der Waals surface area contributed by atoms with E-state index in [1.54, 1.807) is 23.5 Å². The normalized spacial score (nSPS) is 24.5. The molecule has 12 heteroatoms. The van der Waals surface area contributed by atoms with Crippen molar-refractivity contribution in [3.05, 3.63) is 24.0 Å². The van der Waals surface area contributed by atoms with Crippen LogP contribution in [0, 0.1) is 22.2 Å². The third-order valence-electron chi connectivity index (χ3n) is 9.49. The maximum atomic E-state index is 14.4. The summed E-state index contributed by atoms with van der Waals surface area (Å²) >= 11 is 1.37. The quantitative estimate of drug-likeness (QED) is 0.353. The zero-order valence-corrected chi connectivity index (χ0v) is 25.8. The van der Waals surface area contributed by atoms with Crippen molar-refractivity contribution in [2.45, 2.75) is 91.3 Å². The van der Waals surface area contributed by atoms with Gasteiger partial charge in [-0.15, -0.1) is 11.3 Å². The Morgan fingerprint density at radius 2 is 1.88 bits per heavy atom. The number of thiazole rings is 1. The van der Waals surface area contributed by atoms with Crippen LogP contribution in [0.3, 0.4) is 0 Å². The van der Waals surface area contributed by atoms with Crippen molar-refractivity contribution in [1.29, 1.82) is 0 Å². The van der Waals surface area contributed by atoms with Gasteiger partial charge in [-0.25, -0.2) is 4.98 Å². The summed E-state index contributed by atoms with van der Waals surface area (Å²) in [6, 6.07) is -2.42. The monoisotopic (exact) mass is 595 g/mol. The number of nitrogens with one attached hydrogen (secondary N) is 2. The fourth-order valence-corrected chi connectivity index (χ4v) is 7.16. The summed E-state index contributed by atoms with van der Waals surface area (Å²) in [5.74, 6) is -2.18. The lowest BCUT2D eigenvalue weighted by Gasteiger charge is -2.36. The molecule has 0 aromatic carbocycles. The van der Waals surface area contributed by atoms with Crippen molar-refractivity contribution in [3.63, 3.8) is 0 Å². The van der Waals surface area contributed by atoms with E-state index in [2.05, 4.69) is 39.4 Å². The van der Waals surface area contributed by atoms with Crippen LogP contribution in [0.4, 0.5) is 5.13 Å². The maximum absolute atomic E-state index is 14.4. The molecule has 0 bridgehead atoms. The first kappa shape index (κ1) is 30.1. The summed E-state index contributed by atoms with van der Waals surface area (Å²) in [5.41, 5.74) is 5.93. The number of rotatable bonds is 10. The largest absolute Gasteiger partial charge is 0.363 e. The van der Waals surface area contributed by atoms with Crippen molar-refractivity contribution in [1.82, 2.24) is 25.2 Å². The molecule has 11 nitrogen and oxygen atoms in total. The molecule has 1 unspecified atom stereocenters. The number of primary amides is 1. The van der Waals surface area contributed by atoms with E-state index in [9.17, 15) is 19.2 Å². The Bertz CT molecular complexity index is 1370. The minimum atomic E-state index is -1.06. The predicted octanol–water partition coefficient (Wildman–Crippen LogP) is 3.17. The fraction of sp³-hybridized carbons (Fsp3) is 0.633. The molecule has 1 spiro atoms. The number of amides is 3. The SMILES string of the molecule is CC(C)(C)[C@H](Nc1nc(-c2cnccn2)cs1)C(=O)N1C[C@@]2(C[C@H]1C(=O)NC(CC1CCC1)C(=O)C(N)=O)CC2(C)C. The topological polar surface area (TPSA) is 160 Å². The van der Waals surface area contributed by atoms with E-state index in [0.29, 0.717) is 35.9 Å². The van der Waals surface area contributed by atoms with Crippen molar-refractivity contribution in [2.24, 2.45) is 27.9 Å². The minimum absolute atomic E-state index is 0.0134. The number of hydrogen-bond acceptors (Lipinski definition) is 9. The van der Waals surface area contributed by atoms with Crippen molar-refractivity contribution in [3.8, 4) is 11.4 Å². The second-order valence-electron chi connectivity index (χ2n) is 13.9. The summed E-state index contributed by atoms with van der Waals surface area (Å²) in [4.78, 5) is 67.5. The number of hydrogen-bond donors (Lipinski definition) is 3. The Hall–Kier alpha value is -3.41. The molecule has 5 rings (SSSR count). The van der Waals surface area contributed by atoms with E-state index < -0.39 is 41.1 Å². The van der Waals surface area contributed by atoms with Crippen LogP contribution in [0.25, 0.3) is 11.4 Å². The van der Waals surface area contributed by atoms with Crippen LogP contribution in [0.5, 0.6) is 0 Å². The lowest BCUT2D eigenvalue weighted by Crippen LogP contribution is -2.56. The number of nitrogens with zero attached hydrogens (tertiary/aromatic N) is 4. The molecule has 3 amide bonds. The molecular weight excluding hydrogens is 554 g/mol. The van der Waals surface area contributed by atoms with Crippen molar-refractivity contribution >= 4 is 40.0 Å². The van der Waals surface area contributed by atoms with Crippen LogP contribution >= 0.6 is 11.3 Å². The molecule has 226 valence electrons. The second kappa shape index (κ2) is 11.0. The summed E-state index contributed by atoms with van der Waals surface area (Å²) in [6.07, 6.45) is 9.61. The van der Waals surface area contributed by atoms with Crippen molar-refractivity contribution < 1.29 is 19.2 Å². The summed E-state index contributed by atoms with van der Waals surface area (Å²) in [7, 11) is 0. The van der Waals surface area contributed by atoms with E-state index in [-0.39, 0.29) is 22.7 Å². The molecule has 0 radical (unpaired) electrons. The van der Waals surface area contributed by atoms with Gasteiger partial charge in [-0.1, -0.05) is 53.9 Å². The first-order chi connectivity index (χ1) is 19.7. The number of Topliss-reactive ketones (excluding diaryl/α,β-unsaturated/α-hetero) is 1. The fourth-order valence-electron chi connectivity index (χ4n) is 6.43. The Morgan fingerprint density at radius 1 is 1.17 bits per heavy atom. The third kappa shape index (κ3) is 5.91. The Kier molecular flexibility index (Phi) is 7.88. The van der Waals surface area contributed by atoms with Gasteiger partial charge in [0.1, 0.15) is 23.5 Å². The van der Waals surface area contributed by atoms with E-state index in [1.165, 1.54) is 11.3 Å². The Morgan fingerprint density at radius 3 is 2.43 bits per heavy atom. The molecule has 42 heavy (non-hydrogen) atoms. The summed E-state index contributed by atoms with van der Waals surface area (Å²) in [5, 5.41) is 8.62. The number of likely N-dealkylation sites (tertiary alicyclic amines) is 1. The van der Waals surface area contributed by atoms with E-state index >= 15 is 0 Å². The van der Waals surface area contributed by atoms with Crippen molar-refractivity contribution in [2.75, 3.05) is 11.9 Å². The smallest absolute Gasteiger partial charge is 0.287 e. The lowest BCUT2D eigenvalue weighted by atomic mass is 9.80. The van der Waals surface area contributed by atoms with E-state index in [1.807, 2.05) is 26.2 Å². The molecule has 2 aromatic heterocycles. The van der Waals surface area contributed by atoms with Crippen LogP contribution in [0.1, 0.15) is 73.1 Å². The van der Waals surface area contributed by atoms with Gasteiger partial charge in [0, 0.05) is 24.3 Å². The van der Waals surface area contributed by atoms with Gasteiger partial charge in [0.15, 0.2) is 5.13 Å². The number of ketones is 1. The van der Waals surface area contributed by atoms with E-state index in [4.69, 9.17) is 5.73 Å². The average molecular weight is 596 g/mol. The highest BCUT2D eigenvalue weighted by atomic mass is 32.1. The minimum Gasteiger partial charge on any atom is -0.363 e. The third-order valence-corrected chi connectivity index (χ3v) is 10.3. The summed E-state index contributed by atoms with van der Waals surface area (Å²) < 4.78 is 0. The van der Waals surface area contributed by atoms with Gasteiger partial charge in [0.2, 0.25) is 17.6 Å². The molecule has 2 aliphatic carbocycles. The Balaban J connectivity index is 1.38. The predicted molar refractivity (Wildman–Crippen MR) is 159 cm³/mol. The van der Waals surface area contributed by atoms with E-state index in [0.717, 1.165) is 25.7 Å². The van der Waals surface area contributed by atoms with Gasteiger partial charge in [-0.3, -0.25) is 29.1 Å². The highest BCUT2D eigenvalue weighted by Gasteiger charge is 2.67. The number of aromatic nitrogens is 3. The van der Waals surface area contributed by atoms with Gasteiger partial charge in [0.25, 0.3) is 5.91 Å². The highest BCUT2D eigenvalue weighted by Crippen LogP contribution is 2.69. The zero-order valence-electron chi connectivity index (χ0n) is 25.0. The molecule has 1 saturated heterocycles. The van der Waals surface area contributed by atoms with Gasteiger partial charge < -0.3 is 21.3 Å². The number of carbonyl (C=O) groups is 4. The van der Waals surface area contributed by atoms with Gasteiger partial charge in [-0.05, 0) is 41.4 Å². The molecule has 1 aliphatic heterocycles. The molecule has 3 fully saturated rings. The van der Waals surface area contributed by atoms with Crippen LogP contribution < -0.4 is 16.4 Å². The zero-order chi connectivity index (χ0) is 30.4. The van der Waals surface area contributed by atoms with Gasteiger partial charge >= 0.3 is 0 Å². The molecule has 3 heterocycles. The molecule has 4 N–H and O–H groups in total. The molecule has 4 atom stereocenters. The molecular formula is C30H41N7O4S. The standard InChI is InChI=1S/C30H41N7O4S/c1-28(2,3)23(36-27-35-20(14-42-27)19-13-32-9-10-33-19)26(41)37-16-30(15-29(30,4)5)12-21(37)25(40)34-18(22(38)24(31)39)11-17-7-6-8-17/h9-10,13-14,17-18,21,23H,6-8,11-12,15-16H2,1-5H3,(H2,31,39)(H,34,40)(H,35,36)/t18?,21-,23+,30+/m0/s1. The van der Waals surface area contributed by atoms with Gasteiger partial charge in [0.05, 0.1) is 12.2 Å². The average Bonchev–Trinajstić information content (AvgIpc) is 3.27. The van der Waals surface area contributed by atoms with Crippen LogP contribution in [-0.2, 0) is 19.2 Å². The Labute approximate surface area is 250 Å². The molecule has 2 saturated carbocycles. The lowest BCUT2D eigenvalue weighted by molar-refractivity contribution is -0.142. The van der Waals surface area contributed by atoms with Crippen LogP contribution in [0.15, 0.2) is 24.0 Å². The molecule has 3 aliphatic rings. The number of carbonyl (C=O) groups excluding carboxylic acids is 4. The summed E-state index contributed by atoms with van der Waals surface area (Å²) in [6.45, 7) is 10.7. The van der Waals surface area contributed by atoms with Crippen LogP contribution in [0.2, 0.25) is 0 Å². The number of nitrogens with two attached hydrogens (primary N) is 1. The first-order valence-electron chi connectivity index (χ1n) is 14.6. The highest BCUT2D eigenvalue weighted by molar-refractivity contribution is 7.14. The second-order valence-corrected chi connectivity index (χ2v) is 14.8. The van der Waals surface area contributed by atoms with Crippen LogP contribution in [-0.4, -0.2) is 68.0 Å². The molecule has 2 aromatic rings. The maximum Gasteiger partial charge on any atom is 0.287 e.